The van der Waals surface area contributed by atoms with E-state index in [1.807, 2.05) is 44.2 Å². The zero-order chi connectivity index (χ0) is 21.1. The molecule has 1 N–H and O–H groups in total. The molecule has 156 valence electrons. The molecular formula is C22H25N5O2S. The SMILES string of the molecule is CC(C)n1nc(-c2sc(NC(=O)CN3CCCC3)nc2-c2ccccc2)ccc1=O. The fourth-order valence-corrected chi connectivity index (χ4v) is 4.53. The summed E-state index contributed by atoms with van der Waals surface area (Å²) in [5.41, 5.74) is 2.21. The summed E-state index contributed by atoms with van der Waals surface area (Å²) in [4.78, 5) is 32.3. The Hall–Kier alpha value is -2.84. The van der Waals surface area contributed by atoms with E-state index in [4.69, 9.17) is 4.98 Å². The first-order chi connectivity index (χ1) is 14.5. The second kappa shape index (κ2) is 8.89. The maximum atomic E-state index is 12.5. The maximum absolute atomic E-state index is 12.5. The highest BCUT2D eigenvalue weighted by Crippen LogP contribution is 2.38. The van der Waals surface area contributed by atoms with Crippen LogP contribution >= 0.6 is 11.3 Å². The number of hydrogen-bond acceptors (Lipinski definition) is 6. The molecule has 7 nitrogen and oxygen atoms in total. The summed E-state index contributed by atoms with van der Waals surface area (Å²) in [7, 11) is 0. The molecule has 1 amide bonds. The van der Waals surface area contributed by atoms with Gasteiger partial charge in [0.15, 0.2) is 5.13 Å². The Bertz CT molecular complexity index is 1080. The number of thiazole rings is 1. The molecule has 0 bridgehead atoms. The van der Waals surface area contributed by atoms with Gasteiger partial charge >= 0.3 is 0 Å². The fraction of sp³-hybridized carbons (Fsp3) is 0.364. The summed E-state index contributed by atoms with van der Waals surface area (Å²) in [6.07, 6.45) is 2.29. The molecule has 0 atom stereocenters. The molecule has 4 rings (SSSR count). The number of anilines is 1. The number of amides is 1. The highest BCUT2D eigenvalue weighted by Gasteiger charge is 2.20. The Morgan fingerprint density at radius 1 is 1.13 bits per heavy atom. The Balaban J connectivity index is 1.69. The van der Waals surface area contributed by atoms with Crippen molar-refractivity contribution in [1.82, 2.24) is 19.7 Å². The van der Waals surface area contributed by atoms with Gasteiger partial charge < -0.3 is 5.32 Å². The van der Waals surface area contributed by atoms with E-state index < -0.39 is 0 Å². The molecule has 0 radical (unpaired) electrons. The van der Waals surface area contributed by atoms with Gasteiger partial charge in [-0.1, -0.05) is 41.7 Å². The summed E-state index contributed by atoms with van der Waals surface area (Å²) in [5, 5.41) is 8.04. The van der Waals surface area contributed by atoms with Crippen LogP contribution in [0.5, 0.6) is 0 Å². The van der Waals surface area contributed by atoms with Gasteiger partial charge in [0, 0.05) is 11.6 Å². The number of carbonyl (C=O) groups excluding carboxylic acids is 1. The molecule has 0 saturated carbocycles. The van der Waals surface area contributed by atoms with Gasteiger partial charge in [0.2, 0.25) is 5.91 Å². The van der Waals surface area contributed by atoms with Gasteiger partial charge in [0.05, 0.1) is 23.2 Å². The minimum absolute atomic E-state index is 0.0508. The molecule has 8 heteroatoms. The number of aromatic nitrogens is 3. The Morgan fingerprint density at radius 3 is 2.57 bits per heavy atom. The Morgan fingerprint density at radius 2 is 1.87 bits per heavy atom. The van der Waals surface area contributed by atoms with Crippen LogP contribution in [-0.2, 0) is 4.79 Å². The molecule has 1 fully saturated rings. The van der Waals surface area contributed by atoms with Crippen LogP contribution in [0.25, 0.3) is 21.8 Å². The first-order valence-corrected chi connectivity index (χ1v) is 11.0. The number of rotatable bonds is 6. The third kappa shape index (κ3) is 4.49. The molecular weight excluding hydrogens is 398 g/mol. The molecule has 1 aliphatic rings. The van der Waals surface area contributed by atoms with Crippen molar-refractivity contribution in [2.45, 2.75) is 32.7 Å². The van der Waals surface area contributed by atoms with E-state index in [1.165, 1.54) is 22.1 Å². The Kier molecular flexibility index (Phi) is 6.06. The van der Waals surface area contributed by atoms with Crippen molar-refractivity contribution in [2.24, 2.45) is 0 Å². The van der Waals surface area contributed by atoms with Crippen molar-refractivity contribution in [3.63, 3.8) is 0 Å². The molecule has 2 aromatic heterocycles. The highest BCUT2D eigenvalue weighted by molar-refractivity contribution is 7.19. The van der Waals surface area contributed by atoms with Crippen molar-refractivity contribution < 1.29 is 4.79 Å². The standard InChI is InChI=1S/C22H25N5O2S/c1-15(2)27-19(29)11-10-17(25-27)21-20(16-8-4-3-5-9-16)24-22(30-21)23-18(28)14-26-12-6-7-13-26/h3-5,8-11,15H,6-7,12-14H2,1-2H3,(H,23,24,28). The van der Waals surface area contributed by atoms with Crippen molar-refractivity contribution in [3.05, 3.63) is 52.8 Å². The summed E-state index contributed by atoms with van der Waals surface area (Å²) in [6, 6.07) is 13.0. The lowest BCUT2D eigenvalue weighted by Gasteiger charge is -2.12. The van der Waals surface area contributed by atoms with E-state index in [9.17, 15) is 9.59 Å². The normalized spacial score (nSPS) is 14.4. The van der Waals surface area contributed by atoms with Gasteiger partial charge in [-0.15, -0.1) is 0 Å². The van der Waals surface area contributed by atoms with Gasteiger partial charge in [-0.05, 0) is 45.8 Å². The third-order valence-electron chi connectivity index (χ3n) is 5.03. The second-order valence-electron chi connectivity index (χ2n) is 7.69. The van der Waals surface area contributed by atoms with Gasteiger partial charge in [0.1, 0.15) is 5.69 Å². The van der Waals surface area contributed by atoms with Crippen molar-refractivity contribution in [2.75, 3.05) is 25.0 Å². The quantitative estimate of drug-likeness (QED) is 0.655. The average Bonchev–Trinajstić information content (AvgIpc) is 3.39. The van der Waals surface area contributed by atoms with Crippen LogP contribution in [0.3, 0.4) is 0 Å². The van der Waals surface area contributed by atoms with Gasteiger partial charge in [0.25, 0.3) is 5.56 Å². The first-order valence-electron chi connectivity index (χ1n) is 10.2. The van der Waals surface area contributed by atoms with Crippen molar-refractivity contribution in [1.29, 1.82) is 0 Å². The van der Waals surface area contributed by atoms with E-state index in [2.05, 4.69) is 15.3 Å². The lowest BCUT2D eigenvalue weighted by atomic mass is 10.1. The largest absolute Gasteiger partial charge is 0.301 e. The third-order valence-corrected chi connectivity index (χ3v) is 6.03. The molecule has 0 spiro atoms. The van der Waals surface area contributed by atoms with Crippen LogP contribution < -0.4 is 10.9 Å². The number of carbonyl (C=O) groups is 1. The Labute approximate surface area is 179 Å². The summed E-state index contributed by atoms with van der Waals surface area (Å²) < 4.78 is 1.47. The molecule has 3 heterocycles. The summed E-state index contributed by atoms with van der Waals surface area (Å²) >= 11 is 1.38. The monoisotopic (exact) mass is 423 g/mol. The lowest BCUT2D eigenvalue weighted by Crippen LogP contribution is -2.30. The zero-order valence-corrected chi connectivity index (χ0v) is 18.0. The second-order valence-corrected chi connectivity index (χ2v) is 8.69. The molecule has 0 unspecified atom stereocenters. The number of likely N-dealkylation sites (tertiary alicyclic amines) is 1. The van der Waals surface area contributed by atoms with Gasteiger partial charge in [-0.25, -0.2) is 9.67 Å². The highest BCUT2D eigenvalue weighted by atomic mass is 32.1. The van der Waals surface area contributed by atoms with Crippen LogP contribution in [-0.4, -0.2) is 45.2 Å². The molecule has 3 aromatic rings. The number of nitrogens with one attached hydrogen (secondary N) is 1. The van der Waals surface area contributed by atoms with Gasteiger partial charge in [-0.3, -0.25) is 14.5 Å². The number of benzene rings is 1. The van der Waals surface area contributed by atoms with Crippen molar-refractivity contribution in [3.8, 4) is 21.8 Å². The average molecular weight is 424 g/mol. The van der Waals surface area contributed by atoms with Gasteiger partial charge in [-0.2, -0.15) is 5.10 Å². The van der Waals surface area contributed by atoms with Crippen LogP contribution in [0.2, 0.25) is 0 Å². The smallest absolute Gasteiger partial charge is 0.267 e. The number of hydrogen-bond donors (Lipinski definition) is 1. The van der Waals surface area contributed by atoms with Crippen LogP contribution in [0, 0.1) is 0 Å². The van der Waals surface area contributed by atoms with Crippen LogP contribution in [0.15, 0.2) is 47.3 Å². The lowest BCUT2D eigenvalue weighted by molar-refractivity contribution is -0.117. The molecule has 0 aliphatic carbocycles. The van der Waals surface area contributed by atoms with Crippen LogP contribution in [0.1, 0.15) is 32.7 Å². The van der Waals surface area contributed by atoms with Crippen LogP contribution in [0.4, 0.5) is 5.13 Å². The minimum atomic E-state index is -0.140. The zero-order valence-electron chi connectivity index (χ0n) is 17.2. The molecule has 30 heavy (non-hydrogen) atoms. The summed E-state index contributed by atoms with van der Waals surface area (Å²) in [6.45, 7) is 6.16. The topological polar surface area (TPSA) is 80.1 Å². The van der Waals surface area contributed by atoms with E-state index >= 15 is 0 Å². The van der Waals surface area contributed by atoms with E-state index in [0.717, 1.165) is 42.1 Å². The van der Waals surface area contributed by atoms with E-state index in [0.29, 0.717) is 17.4 Å². The van der Waals surface area contributed by atoms with E-state index in [1.54, 1.807) is 6.07 Å². The first kappa shape index (κ1) is 20.4. The fourth-order valence-electron chi connectivity index (χ4n) is 3.56. The molecule has 1 aliphatic heterocycles. The predicted octanol–water partition coefficient (Wildman–Crippen LogP) is 3.65. The molecule has 1 aromatic carbocycles. The maximum Gasteiger partial charge on any atom is 0.267 e. The predicted molar refractivity (Wildman–Crippen MR) is 120 cm³/mol. The molecule has 1 saturated heterocycles. The minimum Gasteiger partial charge on any atom is -0.301 e. The summed E-state index contributed by atoms with van der Waals surface area (Å²) in [5.74, 6) is -0.0584. The number of nitrogens with zero attached hydrogens (tertiary/aromatic N) is 4. The van der Waals surface area contributed by atoms with Crippen molar-refractivity contribution >= 4 is 22.4 Å². The van der Waals surface area contributed by atoms with E-state index in [-0.39, 0.29) is 17.5 Å².